The first-order valence-corrected chi connectivity index (χ1v) is 10.4. The van der Waals surface area contributed by atoms with Gasteiger partial charge in [-0.15, -0.1) is 0 Å². The molecule has 1 N–H and O–H groups in total. The van der Waals surface area contributed by atoms with Gasteiger partial charge in [0.25, 0.3) is 0 Å². The lowest BCUT2D eigenvalue weighted by molar-refractivity contribution is 0.0594. The van der Waals surface area contributed by atoms with Gasteiger partial charge in [0.05, 0.1) is 14.2 Å². The minimum Gasteiger partial charge on any atom is -0.493 e. The number of piperidine rings is 1. The molecule has 1 aliphatic heterocycles. The number of nitrogens with one attached hydrogen (secondary N) is 1. The van der Waals surface area contributed by atoms with E-state index < -0.39 is 12.6 Å². The molecule has 0 atom stereocenters. The van der Waals surface area contributed by atoms with Gasteiger partial charge in [0.1, 0.15) is 19.1 Å². The van der Waals surface area contributed by atoms with Crippen molar-refractivity contribution in [1.29, 1.82) is 0 Å². The molecule has 8 nitrogen and oxygen atoms in total. The zero-order valence-corrected chi connectivity index (χ0v) is 18.3. The Morgan fingerprint density at radius 1 is 1.23 bits per heavy atom. The molecule has 0 bridgehead atoms. The van der Waals surface area contributed by atoms with E-state index in [0.717, 1.165) is 38.0 Å². The Kier molecular flexibility index (Phi) is 8.25. The molecule has 10 heteroatoms. The quantitative estimate of drug-likeness (QED) is 0.458. The van der Waals surface area contributed by atoms with Gasteiger partial charge in [-0.05, 0) is 42.1 Å². The highest BCUT2D eigenvalue weighted by molar-refractivity contribution is 6.28. The number of alkyl halides is 1. The van der Waals surface area contributed by atoms with Crippen LogP contribution in [0, 0.1) is 0 Å². The Hall–Kier alpha value is -2.65. The minimum atomic E-state index is -0.559. The van der Waals surface area contributed by atoms with Gasteiger partial charge in [0.2, 0.25) is 5.28 Å². The number of likely N-dealkylation sites (tertiary alicyclic amines) is 1. The number of aromatic nitrogens is 2. The Morgan fingerprint density at radius 3 is 2.68 bits per heavy atom. The number of rotatable bonds is 9. The fraction of sp³-hybridized carbons (Fsp3) is 0.476. The maximum absolute atomic E-state index is 12.5. The monoisotopic (exact) mass is 452 g/mol. The predicted octanol–water partition coefficient (Wildman–Crippen LogP) is 3.35. The summed E-state index contributed by atoms with van der Waals surface area (Å²) in [7, 11) is 2.86. The Bertz CT molecular complexity index is 894. The number of halogens is 2. The fourth-order valence-corrected chi connectivity index (χ4v) is 3.67. The van der Waals surface area contributed by atoms with Crippen molar-refractivity contribution in [2.75, 3.05) is 45.9 Å². The number of methoxy groups -OCH3 is 2. The van der Waals surface area contributed by atoms with Crippen molar-refractivity contribution in [3.8, 4) is 11.5 Å². The molecule has 0 aliphatic carbocycles. The number of carbonyl (C=O) groups excluding carboxylic acids is 1. The van der Waals surface area contributed by atoms with Gasteiger partial charge in [-0.1, -0.05) is 6.07 Å². The van der Waals surface area contributed by atoms with Crippen LogP contribution >= 0.6 is 11.6 Å². The van der Waals surface area contributed by atoms with Crippen LogP contribution in [0.4, 0.5) is 10.2 Å². The van der Waals surface area contributed by atoms with Crippen LogP contribution in [-0.2, 0) is 11.3 Å². The highest BCUT2D eigenvalue weighted by Gasteiger charge is 2.21. The van der Waals surface area contributed by atoms with Crippen LogP contribution in [0.15, 0.2) is 24.3 Å². The maximum Gasteiger partial charge on any atom is 0.356 e. The van der Waals surface area contributed by atoms with Gasteiger partial charge in [0, 0.05) is 31.7 Å². The van der Waals surface area contributed by atoms with E-state index in [4.69, 9.17) is 25.8 Å². The molecule has 3 rings (SSSR count). The molecule has 1 fully saturated rings. The first-order valence-electron chi connectivity index (χ1n) is 10.00. The van der Waals surface area contributed by atoms with Crippen molar-refractivity contribution < 1.29 is 23.4 Å². The third-order valence-corrected chi connectivity index (χ3v) is 5.17. The molecule has 1 aliphatic rings. The van der Waals surface area contributed by atoms with Crippen LogP contribution in [0.25, 0.3) is 0 Å². The standard InChI is InChI=1S/C21H26ClFN4O4/c1-29-17-4-3-14(11-18(17)31-10-7-23)13-27-8-5-15(6-9-27)24-19-12-16(20(28)30-2)25-21(22)26-19/h3-4,11-12,15H,5-10,13H2,1-2H3,(H,24,25,26). The average Bonchev–Trinajstić information content (AvgIpc) is 2.78. The smallest absolute Gasteiger partial charge is 0.356 e. The predicted molar refractivity (Wildman–Crippen MR) is 115 cm³/mol. The van der Waals surface area contributed by atoms with Crippen LogP contribution in [0.2, 0.25) is 5.28 Å². The summed E-state index contributed by atoms with van der Waals surface area (Å²) in [6.45, 7) is 1.97. The SMILES string of the molecule is COC(=O)c1cc(NC2CCN(Cc3ccc(OC)c(OCCF)c3)CC2)nc(Cl)n1. The maximum atomic E-state index is 12.5. The van der Waals surface area contributed by atoms with Crippen molar-refractivity contribution in [1.82, 2.24) is 14.9 Å². The summed E-state index contributed by atoms with van der Waals surface area (Å²) in [4.78, 5) is 22.1. The molecule has 1 aromatic carbocycles. The lowest BCUT2D eigenvalue weighted by atomic mass is 10.0. The van der Waals surface area contributed by atoms with E-state index in [1.807, 2.05) is 18.2 Å². The van der Waals surface area contributed by atoms with E-state index in [-0.39, 0.29) is 23.6 Å². The lowest BCUT2D eigenvalue weighted by Gasteiger charge is -2.32. The molecule has 1 saturated heterocycles. The minimum absolute atomic E-state index is 0.00161. The molecule has 0 saturated carbocycles. The topological polar surface area (TPSA) is 85.8 Å². The Labute approximate surface area is 185 Å². The van der Waals surface area contributed by atoms with E-state index in [9.17, 15) is 9.18 Å². The second-order valence-corrected chi connectivity index (χ2v) is 7.45. The molecular weight excluding hydrogens is 427 g/mol. The van der Waals surface area contributed by atoms with Gasteiger partial charge in [0.15, 0.2) is 17.2 Å². The summed E-state index contributed by atoms with van der Waals surface area (Å²) in [5, 5.41) is 3.32. The summed E-state index contributed by atoms with van der Waals surface area (Å²) in [5.74, 6) is 1.09. The van der Waals surface area contributed by atoms with Crippen molar-refractivity contribution in [2.45, 2.75) is 25.4 Å². The zero-order chi connectivity index (χ0) is 22.2. The molecule has 0 unspecified atom stereocenters. The van der Waals surface area contributed by atoms with E-state index in [2.05, 4.69) is 20.2 Å². The third-order valence-electron chi connectivity index (χ3n) is 5.00. The molecule has 2 aromatic rings. The largest absolute Gasteiger partial charge is 0.493 e. The van der Waals surface area contributed by atoms with Crippen LogP contribution < -0.4 is 14.8 Å². The van der Waals surface area contributed by atoms with E-state index in [0.29, 0.717) is 17.3 Å². The number of nitrogens with zero attached hydrogens (tertiary/aromatic N) is 3. The van der Waals surface area contributed by atoms with Gasteiger partial charge in [-0.2, -0.15) is 0 Å². The number of hydrogen-bond donors (Lipinski definition) is 1. The van der Waals surface area contributed by atoms with E-state index in [1.54, 1.807) is 13.2 Å². The molecular formula is C21H26ClFN4O4. The van der Waals surface area contributed by atoms with Gasteiger partial charge in [-0.25, -0.2) is 19.2 Å². The molecule has 0 radical (unpaired) electrons. The van der Waals surface area contributed by atoms with Gasteiger partial charge < -0.3 is 19.5 Å². The Balaban J connectivity index is 1.55. The first-order chi connectivity index (χ1) is 15.0. The van der Waals surface area contributed by atoms with Crippen LogP contribution in [-0.4, -0.2) is 67.5 Å². The van der Waals surface area contributed by atoms with Crippen molar-refractivity contribution in [2.24, 2.45) is 0 Å². The second-order valence-electron chi connectivity index (χ2n) is 7.12. The Morgan fingerprint density at radius 2 is 2.00 bits per heavy atom. The highest BCUT2D eigenvalue weighted by atomic mass is 35.5. The van der Waals surface area contributed by atoms with E-state index in [1.165, 1.54) is 7.11 Å². The van der Waals surface area contributed by atoms with Crippen molar-refractivity contribution in [3.05, 3.63) is 40.8 Å². The number of ether oxygens (including phenoxy) is 3. The summed E-state index contributed by atoms with van der Waals surface area (Å²) in [5.41, 5.74) is 1.19. The average molecular weight is 453 g/mol. The normalized spacial score (nSPS) is 14.8. The number of hydrogen-bond acceptors (Lipinski definition) is 8. The lowest BCUT2D eigenvalue weighted by Crippen LogP contribution is -2.38. The van der Waals surface area contributed by atoms with Gasteiger partial charge >= 0.3 is 5.97 Å². The first kappa shape index (κ1) is 23.0. The summed E-state index contributed by atoms with van der Waals surface area (Å²) < 4.78 is 27.9. The summed E-state index contributed by atoms with van der Waals surface area (Å²) in [6, 6.07) is 7.47. The summed E-state index contributed by atoms with van der Waals surface area (Å²) >= 11 is 5.93. The van der Waals surface area contributed by atoms with Crippen LogP contribution in [0.3, 0.4) is 0 Å². The molecule has 0 amide bonds. The molecule has 0 spiro atoms. The fourth-order valence-electron chi connectivity index (χ4n) is 3.48. The van der Waals surface area contributed by atoms with Crippen LogP contribution in [0.5, 0.6) is 11.5 Å². The zero-order valence-electron chi connectivity index (χ0n) is 17.6. The molecule has 168 valence electrons. The van der Waals surface area contributed by atoms with Crippen molar-refractivity contribution in [3.63, 3.8) is 0 Å². The number of benzene rings is 1. The van der Waals surface area contributed by atoms with E-state index >= 15 is 0 Å². The second kappa shape index (κ2) is 11.1. The number of esters is 1. The molecule has 1 aromatic heterocycles. The summed E-state index contributed by atoms with van der Waals surface area (Å²) in [6.07, 6.45) is 1.80. The van der Waals surface area contributed by atoms with Gasteiger partial charge in [-0.3, -0.25) is 4.90 Å². The highest BCUT2D eigenvalue weighted by Crippen LogP contribution is 2.29. The van der Waals surface area contributed by atoms with Crippen LogP contribution in [0.1, 0.15) is 28.9 Å². The molecule has 31 heavy (non-hydrogen) atoms. The number of anilines is 1. The van der Waals surface area contributed by atoms with Crippen molar-refractivity contribution >= 4 is 23.4 Å². The third kappa shape index (κ3) is 6.41. The molecule has 2 heterocycles. The number of carbonyl (C=O) groups is 1.